The molecule has 0 saturated carbocycles. The maximum atomic E-state index is 11.8. The number of halogens is 3. The first-order valence-electron chi connectivity index (χ1n) is 5.32. The van der Waals surface area contributed by atoms with Gasteiger partial charge in [0.1, 0.15) is 0 Å². The topological polar surface area (TPSA) is 95.5 Å². The molecule has 0 aliphatic carbocycles. The molecule has 0 fully saturated rings. The number of carbonyl (C=O) groups is 3. The van der Waals surface area contributed by atoms with Gasteiger partial charge in [0.05, 0.1) is 11.8 Å². The summed E-state index contributed by atoms with van der Waals surface area (Å²) in [6.07, 6.45) is -6.08. The van der Waals surface area contributed by atoms with Crippen LogP contribution in [0.5, 0.6) is 0 Å². The predicted octanol–water partition coefficient (Wildman–Crippen LogP) is 1.27. The van der Waals surface area contributed by atoms with E-state index >= 15 is 0 Å². The maximum Gasteiger partial charge on any atom is 0.390 e. The number of aliphatic carboxylic acids is 1. The quantitative estimate of drug-likeness (QED) is 0.708. The first-order valence-corrected chi connectivity index (χ1v) is 5.32. The number of carboxylic acid groups (broad SMARTS) is 1. The summed E-state index contributed by atoms with van der Waals surface area (Å²) in [5, 5.41) is 12.4. The van der Waals surface area contributed by atoms with Crippen LogP contribution in [0.25, 0.3) is 0 Å². The number of carbonyl (C=O) groups excluding carboxylic acids is 2. The number of amides is 3. The van der Waals surface area contributed by atoms with E-state index < -0.39 is 48.9 Å². The van der Waals surface area contributed by atoms with Crippen LogP contribution in [0.2, 0.25) is 0 Å². The average molecular weight is 284 g/mol. The minimum absolute atomic E-state index is 0.463. The Morgan fingerprint density at radius 1 is 1.16 bits per heavy atom. The van der Waals surface area contributed by atoms with Crippen LogP contribution >= 0.6 is 0 Å². The van der Waals surface area contributed by atoms with Crippen molar-refractivity contribution in [3.8, 4) is 0 Å². The van der Waals surface area contributed by atoms with Gasteiger partial charge in [-0.25, -0.2) is 4.79 Å². The molecule has 0 bridgehead atoms. The molecule has 19 heavy (non-hydrogen) atoms. The summed E-state index contributed by atoms with van der Waals surface area (Å²) in [4.78, 5) is 33.0. The van der Waals surface area contributed by atoms with Crippen molar-refractivity contribution in [1.82, 2.24) is 10.6 Å². The Balaban J connectivity index is 4.08. The standard InChI is InChI=1S/C10H15F3N2O4/c1-9(2,7(17)18)5-6(16)15-8(19)14-4-3-10(11,12)13/h3-5H2,1-2H3,(H,17,18)(H2,14,15,16,19). The van der Waals surface area contributed by atoms with E-state index in [9.17, 15) is 27.6 Å². The lowest BCUT2D eigenvalue weighted by molar-refractivity contribution is -0.149. The minimum atomic E-state index is -4.40. The Hall–Kier alpha value is -1.80. The number of hydrogen-bond donors (Lipinski definition) is 3. The molecule has 0 spiro atoms. The molecule has 6 nitrogen and oxygen atoms in total. The first kappa shape index (κ1) is 17.2. The monoisotopic (exact) mass is 284 g/mol. The third-order valence-corrected chi connectivity index (χ3v) is 2.13. The van der Waals surface area contributed by atoms with Gasteiger partial charge >= 0.3 is 18.2 Å². The summed E-state index contributed by atoms with van der Waals surface area (Å²) in [5.74, 6) is -2.10. The molecule has 0 aliphatic rings. The lowest BCUT2D eigenvalue weighted by Crippen LogP contribution is -2.42. The van der Waals surface area contributed by atoms with Gasteiger partial charge in [-0.05, 0) is 13.8 Å². The Bertz CT molecular complexity index is 366. The van der Waals surface area contributed by atoms with E-state index in [1.54, 1.807) is 5.32 Å². The highest BCUT2D eigenvalue weighted by Gasteiger charge is 2.31. The second-order valence-corrected chi connectivity index (χ2v) is 4.54. The highest BCUT2D eigenvalue weighted by molar-refractivity contribution is 5.96. The fourth-order valence-corrected chi connectivity index (χ4v) is 1.01. The number of urea groups is 1. The van der Waals surface area contributed by atoms with Crippen molar-refractivity contribution in [2.24, 2.45) is 5.41 Å². The number of rotatable bonds is 5. The molecule has 0 heterocycles. The second kappa shape index (κ2) is 6.39. The van der Waals surface area contributed by atoms with E-state index in [4.69, 9.17) is 5.11 Å². The van der Waals surface area contributed by atoms with Crippen LogP contribution in [0.4, 0.5) is 18.0 Å². The van der Waals surface area contributed by atoms with E-state index in [-0.39, 0.29) is 0 Å². The zero-order valence-corrected chi connectivity index (χ0v) is 10.4. The molecule has 9 heteroatoms. The van der Waals surface area contributed by atoms with Crippen molar-refractivity contribution < 1.29 is 32.7 Å². The lowest BCUT2D eigenvalue weighted by atomic mass is 9.89. The summed E-state index contributed by atoms with van der Waals surface area (Å²) < 4.78 is 35.3. The van der Waals surface area contributed by atoms with Crippen LogP contribution in [0.3, 0.4) is 0 Å². The third-order valence-electron chi connectivity index (χ3n) is 2.13. The summed E-state index contributed by atoms with van der Waals surface area (Å²) in [6, 6.07) is -1.09. The van der Waals surface area contributed by atoms with E-state index in [0.29, 0.717) is 0 Å². The fraction of sp³-hybridized carbons (Fsp3) is 0.700. The molecule has 0 atom stereocenters. The molecule has 0 aromatic carbocycles. The maximum absolute atomic E-state index is 11.8. The van der Waals surface area contributed by atoms with Gasteiger partial charge in [-0.1, -0.05) is 0 Å². The molecule has 3 N–H and O–H groups in total. The van der Waals surface area contributed by atoms with Crippen molar-refractivity contribution in [1.29, 1.82) is 0 Å². The van der Waals surface area contributed by atoms with Crippen LogP contribution in [-0.4, -0.2) is 35.7 Å². The molecule has 0 saturated heterocycles. The molecule has 0 aromatic rings. The zero-order valence-electron chi connectivity index (χ0n) is 10.4. The highest BCUT2D eigenvalue weighted by atomic mass is 19.4. The van der Waals surface area contributed by atoms with Gasteiger partial charge in [0, 0.05) is 13.0 Å². The minimum Gasteiger partial charge on any atom is -0.481 e. The van der Waals surface area contributed by atoms with Gasteiger partial charge in [0.15, 0.2) is 0 Å². The summed E-state index contributed by atoms with van der Waals surface area (Å²) >= 11 is 0. The number of imide groups is 1. The molecule has 0 aromatic heterocycles. The van der Waals surface area contributed by atoms with Gasteiger partial charge in [-0.15, -0.1) is 0 Å². The van der Waals surface area contributed by atoms with Crippen LogP contribution in [0, 0.1) is 5.41 Å². The Kier molecular flexibility index (Phi) is 5.79. The van der Waals surface area contributed by atoms with Crippen molar-refractivity contribution in [3.63, 3.8) is 0 Å². The zero-order chi connectivity index (χ0) is 15.3. The van der Waals surface area contributed by atoms with E-state index in [1.165, 1.54) is 13.8 Å². The number of carboxylic acids is 1. The molecule has 110 valence electrons. The molecule has 0 unspecified atom stereocenters. The smallest absolute Gasteiger partial charge is 0.390 e. The van der Waals surface area contributed by atoms with E-state index in [1.807, 2.05) is 5.32 Å². The summed E-state index contributed by atoms with van der Waals surface area (Å²) in [6.45, 7) is 1.91. The summed E-state index contributed by atoms with van der Waals surface area (Å²) in [7, 11) is 0. The second-order valence-electron chi connectivity index (χ2n) is 4.54. The van der Waals surface area contributed by atoms with E-state index in [2.05, 4.69) is 0 Å². The largest absolute Gasteiger partial charge is 0.481 e. The average Bonchev–Trinajstić information content (AvgIpc) is 2.13. The predicted molar refractivity (Wildman–Crippen MR) is 58.2 cm³/mol. The SMILES string of the molecule is CC(C)(CC(=O)NC(=O)NCCC(F)(F)F)C(=O)O. The van der Waals surface area contributed by atoms with Gasteiger partial charge in [0.2, 0.25) is 5.91 Å². The Labute approximate surface area is 107 Å². The normalized spacial score (nSPS) is 11.8. The molecule has 3 amide bonds. The molecule has 0 aliphatic heterocycles. The van der Waals surface area contributed by atoms with Crippen molar-refractivity contribution in [2.45, 2.75) is 32.9 Å². The van der Waals surface area contributed by atoms with Gasteiger partial charge in [-0.2, -0.15) is 13.2 Å². The fourth-order valence-electron chi connectivity index (χ4n) is 1.01. The Morgan fingerprint density at radius 2 is 1.68 bits per heavy atom. The number of nitrogens with one attached hydrogen (secondary N) is 2. The highest BCUT2D eigenvalue weighted by Crippen LogP contribution is 2.20. The number of alkyl halides is 3. The van der Waals surface area contributed by atoms with Crippen LogP contribution < -0.4 is 10.6 Å². The molecule has 0 radical (unpaired) electrons. The van der Waals surface area contributed by atoms with Crippen molar-refractivity contribution in [2.75, 3.05) is 6.54 Å². The first-order chi connectivity index (χ1) is 8.44. The lowest BCUT2D eigenvalue weighted by Gasteiger charge is -2.17. The summed E-state index contributed by atoms with van der Waals surface area (Å²) in [5.41, 5.74) is -1.36. The Morgan fingerprint density at radius 3 is 2.11 bits per heavy atom. The third kappa shape index (κ3) is 8.01. The van der Waals surface area contributed by atoms with Gasteiger partial charge < -0.3 is 10.4 Å². The van der Waals surface area contributed by atoms with Crippen LogP contribution in [0.1, 0.15) is 26.7 Å². The molecule has 0 rings (SSSR count). The van der Waals surface area contributed by atoms with Crippen molar-refractivity contribution in [3.05, 3.63) is 0 Å². The molecular formula is C10H15F3N2O4. The molecular weight excluding hydrogens is 269 g/mol. The van der Waals surface area contributed by atoms with E-state index in [0.717, 1.165) is 0 Å². The van der Waals surface area contributed by atoms with Gasteiger partial charge in [-0.3, -0.25) is 14.9 Å². The number of hydrogen-bond acceptors (Lipinski definition) is 3. The van der Waals surface area contributed by atoms with Crippen molar-refractivity contribution >= 4 is 17.9 Å². The van der Waals surface area contributed by atoms with Crippen LogP contribution in [0.15, 0.2) is 0 Å². The van der Waals surface area contributed by atoms with Crippen LogP contribution in [-0.2, 0) is 9.59 Å². The van der Waals surface area contributed by atoms with Gasteiger partial charge in [0.25, 0.3) is 0 Å².